The van der Waals surface area contributed by atoms with Gasteiger partial charge < -0.3 is 36.2 Å². The first kappa shape index (κ1) is 30.6. The van der Waals surface area contributed by atoms with E-state index < -0.39 is 41.7 Å². The van der Waals surface area contributed by atoms with Gasteiger partial charge in [0.05, 0.1) is 22.7 Å². The van der Waals surface area contributed by atoms with E-state index in [4.69, 9.17) is 5.73 Å². The molecule has 2 amide bonds. The van der Waals surface area contributed by atoms with Crippen LogP contribution in [0.1, 0.15) is 85.3 Å². The molecule has 3 saturated carbocycles. The molecule has 7 N–H and O–H groups in total. The second kappa shape index (κ2) is 10.9. The average Bonchev–Trinajstić information content (AvgIpc) is 3.15. The highest BCUT2D eigenvalue weighted by molar-refractivity contribution is 6.43. The summed E-state index contributed by atoms with van der Waals surface area (Å²) < 4.78 is 0. The molecule has 3 aliphatic carbocycles. The minimum atomic E-state index is -1.67. The second-order valence-corrected chi connectivity index (χ2v) is 12.5. The summed E-state index contributed by atoms with van der Waals surface area (Å²) in [6.45, 7) is 11.8. The van der Waals surface area contributed by atoms with Crippen LogP contribution in [0.5, 0.6) is 0 Å². The molecule has 5 unspecified atom stereocenters. The molecule has 0 aromatic heterocycles. The largest absolute Gasteiger partial charge is 0.475 e. The smallest absolute Gasteiger partial charge is 0.426 e. The maximum absolute atomic E-state index is 13.0. The highest BCUT2D eigenvalue weighted by Gasteiger charge is 2.69. The Bertz CT molecular complexity index is 994. The van der Waals surface area contributed by atoms with Crippen LogP contribution in [0.25, 0.3) is 0 Å². The molecule has 4 aliphatic rings. The first-order valence-corrected chi connectivity index (χ1v) is 13.8. The van der Waals surface area contributed by atoms with Crippen molar-refractivity contribution in [2.75, 3.05) is 6.54 Å². The van der Waals surface area contributed by atoms with Crippen molar-refractivity contribution in [2.24, 2.45) is 23.0 Å². The Kier molecular flexibility index (Phi) is 8.76. The van der Waals surface area contributed by atoms with Crippen LogP contribution >= 0.6 is 0 Å². The number of carbonyl (C=O) groups is 2. The van der Waals surface area contributed by atoms with Crippen LogP contribution in [-0.4, -0.2) is 73.3 Å². The van der Waals surface area contributed by atoms with Gasteiger partial charge in [0.2, 0.25) is 11.8 Å². The lowest BCUT2D eigenvalue weighted by atomic mass is 9.41. The summed E-state index contributed by atoms with van der Waals surface area (Å²) in [5, 5.41) is 41.8. The Morgan fingerprint density at radius 2 is 1.76 bits per heavy atom. The quantitative estimate of drug-likeness (QED) is 0.292. The van der Waals surface area contributed by atoms with E-state index in [0.29, 0.717) is 30.9 Å². The maximum atomic E-state index is 13.0. The number of benzene rings is 1. The van der Waals surface area contributed by atoms with Gasteiger partial charge in [0.1, 0.15) is 6.04 Å². The molecular weight excluding hydrogens is 485 g/mol. The van der Waals surface area contributed by atoms with E-state index in [1.54, 1.807) is 38.1 Å². The normalized spacial score (nSPS) is 33.1. The van der Waals surface area contributed by atoms with Crippen molar-refractivity contribution in [3.8, 4) is 0 Å². The van der Waals surface area contributed by atoms with Gasteiger partial charge in [-0.25, -0.2) is 0 Å². The average molecular weight is 532 g/mol. The zero-order chi connectivity index (χ0) is 28.7. The van der Waals surface area contributed by atoms with Crippen LogP contribution in [0.4, 0.5) is 0 Å². The van der Waals surface area contributed by atoms with Crippen molar-refractivity contribution >= 4 is 18.9 Å². The van der Waals surface area contributed by atoms with E-state index >= 15 is 0 Å². The highest BCUT2D eigenvalue weighted by Crippen LogP contribution is 2.65. The first-order chi connectivity index (χ1) is 17.5. The molecule has 4 fully saturated rings. The van der Waals surface area contributed by atoms with Gasteiger partial charge in [-0.3, -0.25) is 9.59 Å². The molecule has 212 valence electrons. The van der Waals surface area contributed by atoms with Gasteiger partial charge in [0, 0.05) is 6.54 Å². The summed E-state index contributed by atoms with van der Waals surface area (Å²) in [5.41, 5.74) is 4.20. The summed E-state index contributed by atoms with van der Waals surface area (Å²) in [6, 6.07) is 8.12. The van der Waals surface area contributed by atoms with Crippen LogP contribution in [0.15, 0.2) is 30.3 Å². The molecule has 5 rings (SSSR count). The minimum absolute atomic E-state index is 0.0536. The Hall–Kier alpha value is -1.98. The van der Waals surface area contributed by atoms with Crippen LogP contribution in [-0.2, 0) is 9.59 Å². The van der Waals surface area contributed by atoms with Gasteiger partial charge in [-0.05, 0) is 61.8 Å². The lowest BCUT2D eigenvalue weighted by molar-refractivity contribution is -0.312. The standard InChI is InChI=1S/C18H28BN3O4.C10H18O2/c1-4-14(19(25)26)21-16(23)15(13-8-6-5-7-9-13)22-11-10-18(20,12(2)3)17(22)24;1-8(2)7-4-5-9(3,11)10(8,12)6-7/h5-9,12,14-15,25-26H,4,10-11,20H2,1-3H3,(H,21,23);7,11-12H,4-6H2,1-3H3/t14-,15?,18?;/m0./s1. The van der Waals surface area contributed by atoms with E-state index in [0.717, 1.165) is 19.3 Å². The van der Waals surface area contributed by atoms with Crippen molar-refractivity contribution in [1.29, 1.82) is 0 Å². The lowest BCUT2D eigenvalue weighted by Crippen LogP contribution is -2.74. The lowest BCUT2D eigenvalue weighted by Gasteiger charge is -2.68. The number of nitrogens with one attached hydrogen (secondary N) is 1. The summed E-state index contributed by atoms with van der Waals surface area (Å²) >= 11 is 0. The molecule has 1 heterocycles. The Labute approximate surface area is 226 Å². The molecule has 6 atom stereocenters. The molecule has 10 heteroatoms. The van der Waals surface area contributed by atoms with E-state index in [1.165, 1.54) is 4.90 Å². The Morgan fingerprint density at radius 1 is 1.16 bits per heavy atom. The molecule has 0 radical (unpaired) electrons. The predicted octanol–water partition coefficient (Wildman–Crippen LogP) is 1.53. The van der Waals surface area contributed by atoms with E-state index in [1.807, 2.05) is 19.9 Å². The number of fused-ring (bicyclic) bond motifs is 2. The number of amides is 2. The van der Waals surface area contributed by atoms with Gasteiger partial charge in [-0.1, -0.05) is 65.0 Å². The van der Waals surface area contributed by atoms with E-state index in [2.05, 4.69) is 19.2 Å². The number of hydrogen-bond donors (Lipinski definition) is 6. The van der Waals surface area contributed by atoms with Crippen molar-refractivity contribution in [3.05, 3.63) is 35.9 Å². The topological polar surface area (TPSA) is 156 Å². The molecule has 2 bridgehead atoms. The Balaban J connectivity index is 0.000000275. The summed E-state index contributed by atoms with van der Waals surface area (Å²) in [5.74, 6) is -0.949. The van der Waals surface area contributed by atoms with E-state index in [-0.39, 0.29) is 17.2 Å². The third-order valence-corrected chi connectivity index (χ3v) is 9.76. The fourth-order valence-electron chi connectivity index (χ4n) is 6.44. The molecule has 1 saturated heterocycles. The van der Waals surface area contributed by atoms with Gasteiger partial charge >= 0.3 is 7.12 Å². The number of carbonyl (C=O) groups excluding carboxylic acids is 2. The zero-order valence-corrected chi connectivity index (χ0v) is 23.6. The maximum Gasteiger partial charge on any atom is 0.475 e. The summed E-state index contributed by atoms with van der Waals surface area (Å²) in [6.07, 6.45) is 3.42. The fraction of sp³-hybridized carbons (Fsp3) is 0.714. The van der Waals surface area contributed by atoms with Gasteiger partial charge in [0.15, 0.2) is 0 Å². The molecule has 1 aromatic rings. The number of nitrogens with two attached hydrogens (primary N) is 1. The highest BCUT2D eigenvalue weighted by atomic mass is 16.4. The second-order valence-electron chi connectivity index (χ2n) is 12.5. The summed E-state index contributed by atoms with van der Waals surface area (Å²) in [7, 11) is -1.67. The van der Waals surface area contributed by atoms with Crippen molar-refractivity contribution in [2.45, 2.75) is 102 Å². The molecule has 9 nitrogen and oxygen atoms in total. The van der Waals surface area contributed by atoms with E-state index in [9.17, 15) is 29.9 Å². The van der Waals surface area contributed by atoms with Crippen LogP contribution in [0.2, 0.25) is 0 Å². The minimum Gasteiger partial charge on any atom is -0.426 e. The number of likely N-dealkylation sites (tertiary alicyclic amines) is 1. The van der Waals surface area contributed by atoms with Crippen molar-refractivity contribution in [3.63, 3.8) is 0 Å². The predicted molar refractivity (Wildman–Crippen MR) is 146 cm³/mol. The third kappa shape index (κ3) is 5.13. The van der Waals surface area contributed by atoms with Gasteiger partial charge in [-0.15, -0.1) is 0 Å². The monoisotopic (exact) mass is 531 g/mol. The number of rotatable bonds is 7. The van der Waals surface area contributed by atoms with Crippen LogP contribution in [0, 0.1) is 17.3 Å². The molecule has 38 heavy (non-hydrogen) atoms. The SMILES string of the molecule is CC1(O)CCC2CC1(O)C2(C)C.CC[C@H](NC(=O)C(c1ccccc1)N1CCC(N)(C(C)C)C1=O)B(O)O. The fourth-order valence-corrected chi connectivity index (χ4v) is 6.44. The van der Waals surface area contributed by atoms with Crippen LogP contribution in [0.3, 0.4) is 0 Å². The molecular formula is C28H46BN3O6. The molecule has 1 aliphatic heterocycles. The summed E-state index contributed by atoms with van der Waals surface area (Å²) in [4.78, 5) is 27.5. The number of nitrogens with zero attached hydrogens (tertiary/aromatic N) is 1. The number of hydrogen-bond acceptors (Lipinski definition) is 7. The Morgan fingerprint density at radius 3 is 2.18 bits per heavy atom. The number of aliphatic hydroxyl groups is 2. The molecule has 1 aromatic carbocycles. The molecule has 0 spiro atoms. The van der Waals surface area contributed by atoms with Crippen LogP contribution < -0.4 is 11.1 Å². The first-order valence-electron chi connectivity index (χ1n) is 13.8. The van der Waals surface area contributed by atoms with Crippen molar-refractivity contribution in [1.82, 2.24) is 10.2 Å². The zero-order valence-electron chi connectivity index (χ0n) is 23.6. The third-order valence-electron chi connectivity index (χ3n) is 9.76. The van der Waals surface area contributed by atoms with Gasteiger partial charge in [0.25, 0.3) is 0 Å². The van der Waals surface area contributed by atoms with Crippen molar-refractivity contribution < 1.29 is 29.9 Å². The van der Waals surface area contributed by atoms with Gasteiger partial charge in [-0.2, -0.15) is 0 Å².